The Labute approximate surface area is 98.2 Å². The molecular weight excluding hydrogens is 228 g/mol. The Morgan fingerprint density at radius 1 is 1.44 bits per heavy atom. The number of aliphatic imine (C=N–C) groups is 1. The van der Waals surface area contributed by atoms with Gasteiger partial charge in [0.2, 0.25) is 0 Å². The zero-order valence-corrected chi connectivity index (χ0v) is 9.31. The Balaban J connectivity index is 2.19. The lowest BCUT2D eigenvalue weighted by atomic mass is 10.2. The predicted molar refractivity (Wildman–Crippen MR) is 62.1 cm³/mol. The first-order valence-corrected chi connectivity index (χ1v) is 5.32. The molecule has 1 heterocycles. The number of carbonyl (C=O) groups is 1. The summed E-state index contributed by atoms with van der Waals surface area (Å²) in [6.07, 6.45) is 0. The average Bonchev–Trinajstić information content (AvgIpc) is 2.66. The molecule has 0 bridgehead atoms. The van der Waals surface area contributed by atoms with Crippen LogP contribution in [0.5, 0.6) is 0 Å². The number of rotatable bonds is 3. The van der Waals surface area contributed by atoms with Gasteiger partial charge in [0.05, 0.1) is 6.54 Å². The molecule has 2 rings (SSSR count). The summed E-state index contributed by atoms with van der Waals surface area (Å²) < 4.78 is 0. The molecule has 1 N–H and O–H groups in total. The van der Waals surface area contributed by atoms with Gasteiger partial charge in [-0.05, 0) is 24.3 Å². The number of hydrogen-bond donors (Lipinski definition) is 1. The van der Waals surface area contributed by atoms with Crippen molar-refractivity contribution in [1.29, 1.82) is 0 Å². The van der Waals surface area contributed by atoms with E-state index in [9.17, 15) is 4.79 Å². The largest absolute Gasteiger partial charge is 0.480 e. The molecule has 1 aromatic rings. The average molecular weight is 239 g/mol. The van der Waals surface area contributed by atoms with Gasteiger partial charge in [0.1, 0.15) is 12.4 Å². The van der Waals surface area contributed by atoms with Gasteiger partial charge in [0, 0.05) is 17.1 Å². The molecule has 0 saturated carbocycles. The molecule has 5 heteroatoms. The minimum absolute atomic E-state index is 0.0124. The highest BCUT2D eigenvalue weighted by molar-refractivity contribution is 6.30. The van der Waals surface area contributed by atoms with Gasteiger partial charge in [-0.15, -0.1) is 0 Å². The standard InChI is InChI=1S/C11H11ClN2O2/c12-9-3-1-8(2-4-9)11-13-5-6-14(11)7-10(15)16/h1-4H,5-7H2,(H,15,16). The van der Waals surface area contributed by atoms with Gasteiger partial charge in [0.15, 0.2) is 0 Å². The van der Waals surface area contributed by atoms with E-state index in [1.54, 1.807) is 17.0 Å². The van der Waals surface area contributed by atoms with E-state index in [2.05, 4.69) is 4.99 Å². The van der Waals surface area contributed by atoms with Gasteiger partial charge >= 0.3 is 5.97 Å². The summed E-state index contributed by atoms with van der Waals surface area (Å²) >= 11 is 5.79. The first-order chi connectivity index (χ1) is 7.66. The second-order valence-corrected chi connectivity index (χ2v) is 3.96. The Bertz CT molecular complexity index is 428. The van der Waals surface area contributed by atoms with Crippen molar-refractivity contribution in [3.05, 3.63) is 34.9 Å². The molecule has 4 nitrogen and oxygen atoms in total. The summed E-state index contributed by atoms with van der Waals surface area (Å²) in [5.74, 6) is -0.109. The normalized spacial score (nSPS) is 15.1. The molecule has 1 aromatic carbocycles. The monoisotopic (exact) mass is 238 g/mol. The van der Waals surface area contributed by atoms with Gasteiger partial charge in [-0.3, -0.25) is 9.79 Å². The SMILES string of the molecule is O=C(O)CN1CCN=C1c1ccc(Cl)cc1. The van der Waals surface area contributed by atoms with Crippen LogP contribution in [-0.2, 0) is 4.79 Å². The van der Waals surface area contributed by atoms with Crippen LogP contribution in [0.4, 0.5) is 0 Å². The minimum Gasteiger partial charge on any atom is -0.480 e. The molecule has 0 amide bonds. The molecule has 1 aliphatic rings. The molecule has 0 aromatic heterocycles. The van der Waals surface area contributed by atoms with Crippen LogP contribution >= 0.6 is 11.6 Å². The van der Waals surface area contributed by atoms with E-state index in [1.807, 2.05) is 12.1 Å². The minimum atomic E-state index is -0.844. The summed E-state index contributed by atoms with van der Waals surface area (Å²) in [5, 5.41) is 9.42. The van der Waals surface area contributed by atoms with E-state index in [1.165, 1.54) is 0 Å². The van der Waals surface area contributed by atoms with Crippen LogP contribution in [0.1, 0.15) is 5.56 Å². The first-order valence-electron chi connectivity index (χ1n) is 4.94. The Morgan fingerprint density at radius 3 is 2.75 bits per heavy atom. The number of carboxylic acids is 1. The van der Waals surface area contributed by atoms with Gasteiger partial charge in [0.25, 0.3) is 0 Å². The summed E-state index contributed by atoms with van der Waals surface area (Å²) in [7, 11) is 0. The maximum absolute atomic E-state index is 10.7. The van der Waals surface area contributed by atoms with Crippen molar-refractivity contribution >= 4 is 23.4 Å². The fourth-order valence-corrected chi connectivity index (χ4v) is 1.80. The van der Waals surface area contributed by atoms with Gasteiger partial charge in [-0.2, -0.15) is 0 Å². The molecule has 0 spiro atoms. The van der Waals surface area contributed by atoms with Crippen molar-refractivity contribution in [3.8, 4) is 0 Å². The molecule has 84 valence electrons. The summed E-state index contributed by atoms with van der Waals surface area (Å²) in [4.78, 5) is 16.7. The number of benzene rings is 1. The second kappa shape index (κ2) is 4.53. The van der Waals surface area contributed by atoms with Crippen molar-refractivity contribution < 1.29 is 9.90 Å². The quantitative estimate of drug-likeness (QED) is 0.868. The number of aliphatic carboxylic acids is 1. The predicted octanol–water partition coefficient (Wildman–Crippen LogP) is 1.49. The first kappa shape index (κ1) is 11.0. The number of nitrogens with zero attached hydrogens (tertiary/aromatic N) is 2. The fraction of sp³-hybridized carbons (Fsp3) is 0.273. The third kappa shape index (κ3) is 2.33. The second-order valence-electron chi connectivity index (χ2n) is 3.53. The van der Waals surface area contributed by atoms with Crippen LogP contribution in [-0.4, -0.2) is 41.4 Å². The van der Waals surface area contributed by atoms with Crippen LogP contribution in [0.2, 0.25) is 5.02 Å². The van der Waals surface area contributed by atoms with E-state index in [0.717, 1.165) is 11.4 Å². The third-order valence-corrected chi connectivity index (χ3v) is 2.61. The highest BCUT2D eigenvalue weighted by Crippen LogP contribution is 2.14. The number of hydrogen-bond acceptors (Lipinski definition) is 3. The molecule has 0 aliphatic carbocycles. The molecule has 0 radical (unpaired) electrons. The number of halogens is 1. The van der Waals surface area contributed by atoms with E-state index in [4.69, 9.17) is 16.7 Å². The molecule has 1 aliphatic heterocycles. The van der Waals surface area contributed by atoms with Gasteiger partial charge in [-0.1, -0.05) is 11.6 Å². The van der Waals surface area contributed by atoms with Gasteiger partial charge < -0.3 is 10.0 Å². The molecule has 16 heavy (non-hydrogen) atoms. The van der Waals surface area contributed by atoms with Crippen molar-refractivity contribution in [2.75, 3.05) is 19.6 Å². The summed E-state index contributed by atoms with van der Waals surface area (Å²) in [5.41, 5.74) is 0.906. The zero-order chi connectivity index (χ0) is 11.5. The van der Waals surface area contributed by atoms with Crippen LogP contribution in [0.25, 0.3) is 0 Å². The number of carboxylic acid groups (broad SMARTS) is 1. The molecule has 0 unspecified atom stereocenters. The Kier molecular flexibility index (Phi) is 3.10. The van der Waals surface area contributed by atoms with Crippen LogP contribution in [0.3, 0.4) is 0 Å². The lowest BCUT2D eigenvalue weighted by Gasteiger charge is -2.17. The maximum atomic E-state index is 10.7. The topological polar surface area (TPSA) is 52.9 Å². The Morgan fingerprint density at radius 2 is 2.12 bits per heavy atom. The van der Waals surface area contributed by atoms with Crippen LogP contribution < -0.4 is 0 Å². The van der Waals surface area contributed by atoms with E-state index < -0.39 is 5.97 Å². The van der Waals surface area contributed by atoms with Crippen LogP contribution in [0.15, 0.2) is 29.3 Å². The van der Waals surface area contributed by atoms with E-state index in [-0.39, 0.29) is 6.54 Å². The van der Waals surface area contributed by atoms with Crippen molar-refractivity contribution in [2.45, 2.75) is 0 Å². The van der Waals surface area contributed by atoms with Crippen molar-refractivity contribution in [2.24, 2.45) is 4.99 Å². The Hall–Kier alpha value is -1.55. The maximum Gasteiger partial charge on any atom is 0.323 e. The van der Waals surface area contributed by atoms with E-state index in [0.29, 0.717) is 18.1 Å². The van der Waals surface area contributed by atoms with Crippen molar-refractivity contribution in [3.63, 3.8) is 0 Å². The van der Waals surface area contributed by atoms with E-state index >= 15 is 0 Å². The smallest absolute Gasteiger partial charge is 0.323 e. The summed E-state index contributed by atoms with van der Waals surface area (Å²) in [6.45, 7) is 1.29. The zero-order valence-electron chi connectivity index (χ0n) is 8.56. The lowest BCUT2D eigenvalue weighted by molar-refractivity contribution is -0.137. The van der Waals surface area contributed by atoms with Crippen LogP contribution in [0, 0.1) is 0 Å². The molecular formula is C11H11ClN2O2. The molecule has 0 fully saturated rings. The fourth-order valence-electron chi connectivity index (χ4n) is 1.67. The lowest BCUT2D eigenvalue weighted by Crippen LogP contribution is -2.33. The van der Waals surface area contributed by atoms with Crippen molar-refractivity contribution in [1.82, 2.24) is 4.90 Å². The number of amidine groups is 1. The highest BCUT2D eigenvalue weighted by Gasteiger charge is 2.20. The molecule has 0 atom stereocenters. The van der Waals surface area contributed by atoms with Gasteiger partial charge in [-0.25, -0.2) is 0 Å². The highest BCUT2D eigenvalue weighted by atomic mass is 35.5. The molecule has 0 saturated heterocycles. The summed E-state index contributed by atoms with van der Waals surface area (Å²) in [6, 6.07) is 7.25. The third-order valence-electron chi connectivity index (χ3n) is 2.36.